The summed E-state index contributed by atoms with van der Waals surface area (Å²) in [7, 11) is 3.04. The molecule has 0 atom stereocenters. The van der Waals surface area contributed by atoms with E-state index in [1.807, 2.05) is 36.4 Å². The summed E-state index contributed by atoms with van der Waals surface area (Å²) in [5.41, 5.74) is 1.65. The summed E-state index contributed by atoms with van der Waals surface area (Å²) in [6.07, 6.45) is 1.52. The van der Waals surface area contributed by atoms with Crippen LogP contribution >= 0.6 is 15.9 Å². The standard InChI is InChI=1S/C24H29BrN5O4/c1-32-21-13-19-20(27-16-28-24(19)29-18-5-3-4-17(25)12-18)14-22(21)34-11-10-30(15-23(31)33-2)8-6-26-7-9-30/h3-5,12-14,16,26H,6-11,15H2,1-2H3,(H,27,28,29)/q+1. The third-order valence-corrected chi connectivity index (χ3v) is 6.54. The fourth-order valence-corrected chi connectivity index (χ4v) is 4.56. The molecular weight excluding hydrogens is 502 g/mol. The SMILES string of the molecule is COC(=O)C[N+]1(CCOc2cc3ncnc(Nc4cccc(Br)c4)c3cc2OC)CCNCC1. The van der Waals surface area contributed by atoms with Gasteiger partial charge in [-0.25, -0.2) is 14.8 Å². The van der Waals surface area contributed by atoms with Crippen LogP contribution in [0, 0.1) is 0 Å². The van der Waals surface area contributed by atoms with Gasteiger partial charge in [0.1, 0.15) is 25.3 Å². The molecule has 1 saturated heterocycles. The van der Waals surface area contributed by atoms with Gasteiger partial charge < -0.3 is 29.3 Å². The van der Waals surface area contributed by atoms with Gasteiger partial charge in [0.15, 0.2) is 18.0 Å². The van der Waals surface area contributed by atoms with Gasteiger partial charge in [0.25, 0.3) is 0 Å². The molecule has 0 spiro atoms. The predicted octanol–water partition coefficient (Wildman–Crippen LogP) is 3.12. The summed E-state index contributed by atoms with van der Waals surface area (Å²) >= 11 is 3.49. The van der Waals surface area contributed by atoms with Gasteiger partial charge in [-0.2, -0.15) is 0 Å². The molecule has 2 N–H and O–H groups in total. The molecule has 0 bridgehead atoms. The highest BCUT2D eigenvalue weighted by Gasteiger charge is 2.33. The van der Waals surface area contributed by atoms with Crippen LogP contribution in [0.1, 0.15) is 0 Å². The summed E-state index contributed by atoms with van der Waals surface area (Å²) in [5.74, 6) is 1.68. The van der Waals surface area contributed by atoms with Crippen LogP contribution in [0.2, 0.25) is 0 Å². The summed E-state index contributed by atoms with van der Waals surface area (Å²) in [4.78, 5) is 20.9. The first-order valence-corrected chi connectivity index (χ1v) is 11.9. The Morgan fingerprint density at radius 3 is 2.71 bits per heavy atom. The van der Waals surface area contributed by atoms with E-state index in [0.717, 1.165) is 47.2 Å². The molecular formula is C24H29BrN5O4+. The number of halogens is 1. The second kappa shape index (κ2) is 11.0. The van der Waals surface area contributed by atoms with Crippen molar-refractivity contribution in [3.8, 4) is 11.5 Å². The molecule has 0 aliphatic carbocycles. The maximum absolute atomic E-state index is 12.0. The van der Waals surface area contributed by atoms with Gasteiger partial charge in [-0.3, -0.25) is 0 Å². The Morgan fingerprint density at radius 1 is 1.15 bits per heavy atom. The Hall–Kier alpha value is -2.95. The molecule has 0 amide bonds. The fraction of sp³-hybridized carbons (Fsp3) is 0.375. The number of nitrogens with one attached hydrogen (secondary N) is 2. The Bertz CT molecular complexity index is 1150. The van der Waals surface area contributed by atoms with E-state index in [2.05, 4.69) is 36.5 Å². The van der Waals surface area contributed by atoms with Crippen LogP contribution in [0.25, 0.3) is 10.9 Å². The number of carbonyl (C=O) groups is 1. The highest BCUT2D eigenvalue weighted by Crippen LogP contribution is 2.35. The van der Waals surface area contributed by atoms with Crippen molar-refractivity contribution in [3.05, 3.63) is 47.2 Å². The Morgan fingerprint density at radius 2 is 1.97 bits per heavy atom. The van der Waals surface area contributed by atoms with Crippen LogP contribution in [0.4, 0.5) is 11.5 Å². The molecule has 3 aromatic rings. The van der Waals surface area contributed by atoms with Crippen molar-refractivity contribution in [1.29, 1.82) is 0 Å². The lowest BCUT2D eigenvalue weighted by molar-refractivity contribution is -0.922. The number of methoxy groups -OCH3 is 2. The molecule has 34 heavy (non-hydrogen) atoms. The minimum Gasteiger partial charge on any atom is -0.493 e. The van der Waals surface area contributed by atoms with E-state index in [0.29, 0.717) is 41.5 Å². The summed E-state index contributed by atoms with van der Waals surface area (Å²) in [6.45, 7) is 4.90. The molecule has 2 aromatic carbocycles. The number of piperazine rings is 1. The van der Waals surface area contributed by atoms with Gasteiger partial charge in [0, 0.05) is 34.7 Å². The van der Waals surface area contributed by atoms with E-state index in [9.17, 15) is 4.79 Å². The third-order valence-electron chi connectivity index (χ3n) is 6.05. The largest absolute Gasteiger partial charge is 0.493 e. The lowest BCUT2D eigenvalue weighted by Gasteiger charge is -2.40. The van der Waals surface area contributed by atoms with Crippen LogP contribution in [0.3, 0.4) is 0 Å². The minimum absolute atomic E-state index is 0.202. The molecule has 4 rings (SSSR count). The number of fused-ring (bicyclic) bond motifs is 1. The van der Waals surface area contributed by atoms with Gasteiger partial charge in [0.05, 0.1) is 32.8 Å². The number of rotatable bonds is 9. The maximum atomic E-state index is 12.0. The number of nitrogens with zero attached hydrogens (tertiary/aromatic N) is 3. The highest BCUT2D eigenvalue weighted by atomic mass is 79.9. The average molecular weight is 531 g/mol. The molecule has 0 unspecified atom stereocenters. The molecule has 1 aliphatic rings. The van der Waals surface area contributed by atoms with Crippen LogP contribution < -0.4 is 20.1 Å². The normalized spacial score (nSPS) is 15.0. The molecule has 2 heterocycles. The first-order chi connectivity index (χ1) is 16.5. The number of carbonyl (C=O) groups excluding carboxylic acids is 1. The topological polar surface area (TPSA) is 94.6 Å². The zero-order valence-electron chi connectivity index (χ0n) is 19.3. The van der Waals surface area contributed by atoms with Crippen LogP contribution in [0.5, 0.6) is 11.5 Å². The third kappa shape index (κ3) is 5.75. The molecule has 10 heteroatoms. The minimum atomic E-state index is -0.202. The molecule has 1 aliphatic heterocycles. The lowest BCUT2D eigenvalue weighted by Crippen LogP contribution is -2.61. The first-order valence-electron chi connectivity index (χ1n) is 11.1. The average Bonchev–Trinajstić information content (AvgIpc) is 2.84. The van der Waals surface area contributed by atoms with E-state index >= 15 is 0 Å². The number of anilines is 2. The molecule has 1 fully saturated rings. The second-order valence-electron chi connectivity index (χ2n) is 8.22. The van der Waals surface area contributed by atoms with Crippen molar-refractivity contribution >= 4 is 44.3 Å². The van der Waals surface area contributed by atoms with Crippen LogP contribution in [-0.4, -0.2) is 80.5 Å². The van der Waals surface area contributed by atoms with E-state index in [1.165, 1.54) is 13.4 Å². The molecule has 180 valence electrons. The monoisotopic (exact) mass is 530 g/mol. The van der Waals surface area contributed by atoms with Crippen LogP contribution in [-0.2, 0) is 9.53 Å². The Balaban J connectivity index is 1.53. The van der Waals surface area contributed by atoms with Crippen molar-refractivity contribution in [2.45, 2.75) is 0 Å². The maximum Gasteiger partial charge on any atom is 0.361 e. The van der Waals surface area contributed by atoms with E-state index in [1.54, 1.807) is 7.11 Å². The lowest BCUT2D eigenvalue weighted by atomic mass is 10.2. The van der Waals surface area contributed by atoms with Gasteiger partial charge >= 0.3 is 5.97 Å². The molecule has 1 aromatic heterocycles. The van der Waals surface area contributed by atoms with Gasteiger partial charge in [-0.1, -0.05) is 22.0 Å². The van der Waals surface area contributed by atoms with E-state index in [4.69, 9.17) is 14.2 Å². The first kappa shape index (κ1) is 24.2. The van der Waals surface area contributed by atoms with Crippen molar-refractivity contribution in [2.24, 2.45) is 0 Å². The number of benzene rings is 2. The number of esters is 1. The summed E-state index contributed by atoms with van der Waals surface area (Å²) in [5, 5.41) is 7.52. The van der Waals surface area contributed by atoms with E-state index < -0.39 is 0 Å². The predicted molar refractivity (Wildman–Crippen MR) is 134 cm³/mol. The zero-order chi connectivity index (χ0) is 24.0. The fourth-order valence-electron chi connectivity index (χ4n) is 4.16. The van der Waals surface area contributed by atoms with Crippen molar-refractivity contribution in [3.63, 3.8) is 0 Å². The quantitative estimate of drug-likeness (QED) is 0.322. The van der Waals surface area contributed by atoms with Crippen molar-refractivity contribution in [2.75, 3.05) is 65.4 Å². The Kier molecular flexibility index (Phi) is 7.81. The van der Waals surface area contributed by atoms with Crippen molar-refractivity contribution < 1.29 is 23.5 Å². The van der Waals surface area contributed by atoms with Gasteiger partial charge in [-0.05, 0) is 24.3 Å². The second-order valence-corrected chi connectivity index (χ2v) is 9.14. The molecule has 0 saturated carbocycles. The summed E-state index contributed by atoms with van der Waals surface area (Å²) in [6, 6.07) is 11.6. The number of aromatic nitrogens is 2. The van der Waals surface area contributed by atoms with Crippen molar-refractivity contribution in [1.82, 2.24) is 15.3 Å². The van der Waals surface area contributed by atoms with E-state index in [-0.39, 0.29) is 5.97 Å². The van der Waals surface area contributed by atoms with Crippen LogP contribution in [0.15, 0.2) is 47.2 Å². The number of hydrogen-bond acceptors (Lipinski definition) is 8. The zero-order valence-corrected chi connectivity index (χ0v) is 20.9. The Labute approximate surface area is 207 Å². The summed E-state index contributed by atoms with van der Waals surface area (Å²) < 4.78 is 18.3. The van der Waals surface area contributed by atoms with Gasteiger partial charge in [-0.15, -0.1) is 0 Å². The smallest absolute Gasteiger partial charge is 0.361 e. The number of quaternary nitrogens is 1. The molecule has 0 radical (unpaired) electrons. The highest BCUT2D eigenvalue weighted by molar-refractivity contribution is 9.10. The van der Waals surface area contributed by atoms with Gasteiger partial charge in [0.2, 0.25) is 0 Å². The number of ether oxygens (including phenoxy) is 3. The number of hydrogen-bond donors (Lipinski definition) is 2. The molecule has 9 nitrogen and oxygen atoms in total.